The molecule has 2 aromatic rings. The summed E-state index contributed by atoms with van der Waals surface area (Å²) in [4.78, 5) is 11.2. The molecule has 1 N–H and O–H groups in total. The van der Waals surface area contributed by atoms with Crippen LogP contribution in [-0.2, 0) is 4.79 Å². The highest BCUT2D eigenvalue weighted by Gasteiger charge is 2.05. The second-order valence-electron chi connectivity index (χ2n) is 4.12. The normalized spacial score (nSPS) is 9.85. The van der Waals surface area contributed by atoms with E-state index in [0.29, 0.717) is 16.8 Å². The number of nitriles is 1. The van der Waals surface area contributed by atoms with Gasteiger partial charge in [0, 0.05) is 11.8 Å². The Bertz CT molecular complexity index is 655. The molecule has 0 saturated carbocycles. The first-order chi connectivity index (χ1) is 9.58. The highest BCUT2D eigenvalue weighted by molar-refractivity contribution is 5.92. The monoisotopic (exact) mass is 272 g/mol. The van der Waals surface area contributed by atoms with Gasteiger partial charge in [-0.3, -0.25) is 4.79 Å². The summed E-state index contributed by atoms with van der Waals surface area (Å²) in [6.45, 7) is 0. The number of anilines is 1. The Labute approximate surface area is 114 Å². The number of hydrogen-bond donors (Lipinski definition) is 1. The maximum absolute atomic E-state index is 13.1. The molecule has 100 valence electrons. The van der Waals surface area contributed by atoms with Gasteiger partial charge in [-0.2, -0.15) is 5.26 Å². The van der Waals surface area contributed by atoms with E-state index >= 15 is 0 Å². The molecule has 0 bridgehead atoms. The molecule has 0 atom stereocenters. The number of halogens is 2. The number of nitrogens with one attached hydrogen (secondary N) is 1. The van der Waals surface area contributed by atoms with Crippen LogP contribution in [-0.4, -0.2) is 5.91 Å². The van der Waals surface area contributed by atoms with Gasteiger partial charge >= 0.3 is 0 Å². The highest BCUT2D eigenvalue weighted by Crippen LogP contribution is 2.23. The molecule has 0 heterocycles. The van der Waals surface area contributed by atoms with Crippen LogP contribution in [0.25, 0.3) is 11.1 Å². The number of hydrogen-bond acceptors (Lipinski definition) is 2. The predicted octanol–water partition coefficient (Wildman–Crippen LogP) is 3.48. The van der Waals surface area contributed by atoms with Crippen molar-refractivity contribution in [1.82, 2.24) is 0 Å². The molecule has 3 nitrogen and oxygen atoms in total. The van der Waals surface area contributed by atoms with Crippen molar-refractivity contribution in [2.45, 2.75) is 6.42 Å². The first-order valence-electron chi connectivity index (χ1n) is 5.82. The van der Waals surface area contributed by atoms with Gasteiger partial charge in [-0.05, 0) is 35.4 Å². The molecule has 20 heavy (non-hydrogen) atoms. The van der Waals surface area contributed by atoms with Crippen LogP contribution in [0.2, 0.25) is 0 Å². The fraction of sp³-hybridized carbons (Fsp3) is 0.0667. The number of carbonyl (C=O) groups is 1. The zero-order valence-electron chi connectivity index (χ0n) is 10.4. The Balaban J connectivity index is 2.20. The molecule has 0 fully saturated rings. The number of rotatable bonds is 3. The number of benzene rings is 2. The molecular formula is C15H10F2N2O. The SMILES string of the molecule is N#CCC(=O)Nc1ccc(-c2cc(F)cc(F)c2)cc1. The van der Waals surface area contributed by atoms with Gasteiger partial charge in [0.05, 0.1) is 6.07 Å². The van der Waals surface area contributed by atoms with Gasteiger partial charge in [-0.1, -0.05) is 12.1 Å². The van der Waals surface area contributed by atoms with Gasteiger partial charge in [-0.25, -0.2) is 8.78 Å². The molecule has 5 heteroatoms. The van der Waals surface area contributed by atoms with Gasteiger partial charge in [0.15, 0.2) is 0 Å². The first kappa shape index (κ1) is 13.7. The van der Waals surface area contributed by atoms with Crippen molar-refractivity contribution in [2.75, 3.05) is 5.32 Å². The van der Waals surface area contributed by atoms with Crippen LogP contribution in [0.4, 0.5) is 14.5 Å². The van der Waals surface area contributed by atoms with Crippen molar-refractivity contribution in [3.05, 3.63) is 54.1 Å². The van der Waals surface area contributed by atoms with Crippen LogP contribution in [0, 0.1) is 23.0 Å². The maximum Gasteiger partial charge on any atom is 0.238 e. The van der Waals surface area contributed by atoms with Crippen LogP contribution >= 0.6 is 0 Å². The zero-order chi connectivity index (χ0) is 14.5. The second-order valence-corrected chi connectivity index (χ2v) is 4.12. The van der Waals surface area contributed by atoms with E-state index in [4.69, 9.17) is 5.26 Å². The van der Waals surface area contributed by atoms with Crippen LogP contribution < -0.4 is 5.32 Å². The van der Waals surface area contributed by atoms with E-state index in [1.165, 1.54) is 12.1 Å². The molecule has 1 amide bonds. The van der Waals surface area contributed by atoms with Crippen molar-refractivity contribution in [1.29, 1.82) is 5.26 Å². The number of amides is 1. The Kier molecular flexibility index (Phi) is 4.06. The maximum atomic E-state index is 13.1. The summed E-state index contributed by atoms with van der Waals surface area (Å²) in [6.07, 6.45) is -0.225. The van der Waals surface area contributed by atoms with Gasteiger partial charge in [0.2, 0.25) is 5.91 Å². The number of nitrogens with zero attached hydrogens (tertiary/aromatic N) is 1. The predicted molar refractivity (Wildman–Crippen MR) is 70.7 cm³/mol. The minimum absolute atomic E-state index is 0.225. The molecule has 0 radical (unpaired) electrons. The largest absolute Gasteiger partial charge is 0.325 e. The zero-order valence-corrected chi connectivity index (χ0v) is 10.4. The van der Waals surface area contributed by atoms with Crippen molar-refractivity contribution in [3.8, 4) is 17.2 Å². The summed E-state index contributed by atoms with van der Waals surface area (Å²) < 4.78 is 26.2. The summed E-state index contributed by atoms with van der Waals surface area (Å²) in [5.41, 5.74) is 1.56. The Hall–Kier alpha value is -2.74. The Morgan fingerprint density at radius 1 is 1.05 bits per heavy atom. The summed E-state index contributed by atoms with van der Waals surface area (Å²) in [7, 11) is 0. The van der Waals surface area contributed by atoms with Gasteiger partial charge in [-0.15, -0.1) is 0 Å². The Morgan fingerprint density at radius 2 is 1.65 bits per heavy atom. The quantitative estimate of drug-likeness (QED) is 0.929. The average Bonchev–Trinajstić information content (AvgIpc) is 2.38. The van der Waals surface area contributed by atoms with Crippen LogP contribution in [0.1, 0.15) is 6.42 Å². The topological polar surface area (TPSA) is 52.9 Å². The third-order valence-electron chi connectivity index (χ3n) is 2.60. The van der Waals surface area contributed by atoms with Crippen molar-refractivity contribution >= 4 is 11.6 Å². The lowest BCUT2D eigenvalue weighted by molar-refractivity contribution is -0.115. The molecular weight excluding hydrogens is 262 g/mol. The van der Waals surface area contributed by atoms with Gasteiger partial charge in [0.25, 0.3) is 0 Å². The average molecular weight is 272 g/mol. The summed E-state index contributed by atoms with van der Waals surface area (Å²) in [5, 5.41) is 10.9. The van der Waals surface area contributed by atoms with E-state index in [0.717, 1.165) is 6.07 Å². The van der Waals surface area contributed by atoms with E-state index < -0.39 is 17.5 Å². The third-order valence-corrected chi connectivity index (χ3v) is 2.60. The first-order valence-corrected chi connectivity index (χ1v) is 5.82. The standard InChI is InChI=1S/C15H10F2N2O/c16-12-7-11(8-13(17)9-12)10-1-3-14(4-2-10)19-15(20)5-6-18/h1-4,7-9H,5H2,(H,19,20). The lowest BCUT2D eigenvalue weighted by Crippen LogP contribution is -2.09. The summed E-state index contributed by atoms with van der Waals surface area (Å²) in [5.74, 6) is -1.70. The molecule has 0 aliphatic heterocycles. The fourth-order valence-electron chi connectivity index (χ4n) is 1.74. The molecule has 2 rings (SSSR count). The van der Waals surface area contributed by atoms with Gasteiger partial charge < -0.3 is 5.32 Å². The molecule has 0 saturated heterocycles. The summed E-state index contributed by atoms with van der Waals surface area (Å²) >= 11 is 0. The molecule has 0 aliphatic rings. The van der Waals surface area contributed by atoms with Crippen LogP contribution in [0.15, 0.2) is 42.5 Å². The van der Waals surface area contributed by atoms with E-state index in [9.17, 15) is 13.6 Å². The third kappa shape index (κ3) is 3.39. The summed E-state index contributed by atoms with van der Waals surface area (Å²) in [6, 6.07) is 11.5. The highest BCUT2D eigenvalue weighted by atomic mass is 19.1. The van der Waals surface area contributed by atoms with Crippen molar-refractivity contribution < 1.29 is 13.6 Å². The fourth-order valence-corrected chi connectivity index (χ4v) is 1.74. The molecule has 0 aromatic heterocycles. The van der Waals surface area contributed by atoms with Gasteiger partial charge in [0.1, 0.15) is 18.1 Å². The van der Waals surface area contributed by atoms with Crippen LogP contribution in [0.5, 0.6) is 0 Å². The molecule has 2 aromatic carbocycles. The minimum Gasteiger partial charge on any atom is -0.325 e. The lowest BCUT2D eigenvalue weighted by Gasteiger charge is -2.06. The van der Waals surface area contributed by atoms with Crippen molar-refractivity contribution in [2.24, 2.45) is 0 Å². The molecule has 0 unspecified atom stereocenters. The van der Waals surface area contributed by atoms with Crippen molar-refractivity contribution in [3.63, 3.8) is 0 Å². The van der Waals surface area contributed by atoms with E-state index in [1.54, 1.807) is 30.3 Å². The van der Waals surface area contributed by atoms with Crippen LogP contribution in [0.3, 0.4) is 0 Å². The van der Waals surface area contributed by atoms with E-state index in [-0.39, 0.29) is 6.42 Å². The Morgan fingerprint density at radius 3 is 2.20 bits per heavy atom. The minimum atomic E-state index is -0.647. The molecule has 0 aliphatic carbocycles. The number of carbonyl (C=O) groups excluding carboxylic acids is 1. The smallest absolute Gasteiger partial charge is 0.238 e. The van der Waals surface area contributed by atoms with E-state index in [1.807, 2.05) is 0 Å². The second kappa shape index (κ2) is 5.93. The van der Waals surface area contributed by atoms with E-state index in [2.05, 4.69) is 5.32 Å². The lowest BCUT2D eigenvalue weighted by atomic mass is 10.1. The molecule has 0 spiro atoms.